The first kappa shape index (κ1) is 22.0. The molecule has 0 saturated heterocycles. The molecule has 164 valence electrons. The van der Waals surface area contributed by atoms with E-state index in [2.05, 4.69) is 4.98 Å². The predicted octanol–water partition coefficient (Wildman–Crippen LogP) is 4.44. The van der Waals surface area contributed by atoms with Crippen molar-refractivity contribution < 1.29 is 13.2 Å². The van der Waals surface area contributed by atoms with Crippen molar-refractivity contribution in [1.29, 1.82) is 5.26 Å². The molecule has 2 aromatic heterocycles. The fourth-order valence-corrected chi connectivity index (χ4v) is 4.38. The van der Waals surface area contributed by atoms with Gasteiger partial charge in [0.05, 0.1) is 4.90 Å². The van der Waals surface area contributed by atoms with Crippen LogP contribution in [0.5, 0.6) is 11.6 Å². The lowest BCUT2D eigenvalue weighted by molar-refractivity contribution is 0.461. The molecule has 0 aliphatic heterocycles. The number of ether oxygens (including phenoxy) is 1. The Balaban J connectivity index is 1.96. The van der Waals surface area contributed by atoms with Crippen LogP contribution in [0.4, 0.5) is 0 Å². The Labute approximate surface area is 190 Å². The first-order valence-corrected chi connectivity index (χ1v) is 11.5. The largest absolute Gasteiger partial charge is 0.438 e. The molecule has 4 aromatic rings. The van der Waals surface area contributed by atoms with Crippen LogP contribution in [-0.2, 0) is 9.84 Å². The summed E-state index contributed by atoms with van der Waals surface area (Å²) in [6.07, 6.45) is 2.55. The Morgan fingerprint density at radius 1 is 1.03 bits per heavy atom. The van der Waals surface area contributed by atoms with Crippen molar-refractivity contribution in [3.63, 3.8) is 0 Å². The van der Waals surface area contributed by atoms with E-state index in [1.165, 1.54) is 22.7 Å². The molecule has 7 nitrogen and oxygen atoms in total. The maximum Gasteiger partial charge on any atom is 0.269 e. The number of rotatable bonds is 5. The van der Waals surface area contributed by atoms with Gasteiger partial charge in [-0.05, 0) is 55.8 Å². The lowest BCUT2D eigenvalue weighted by Gasteiger charge is -2.11. The van der Waals surface area contributed by atoms with Crippen molar-refractivity contribution in [3.8, 4) is 17.7 Å². The normalized spacial score (nSPS) is 11.8. The predicted molar refractivity (Wildman–Crippen MR) is 125 cm³/mol. The highest BCUT2D eigenvalue weighted by Gasteiger charge is 2.23. The standard InChI is InChI=1S/C25H19N3O4S/c1-17-10-12-20(13-11-17)33(30,31)21(16-26)15-22-24(32-19-8-4-3-5-9-19)27-23-18(2)7-6-14-28(23)25(22)29/h3-15H,1-2H3. The van der Waals surface area contributed by atoms with Gasteiger partial charge in [0.15, 0.2) is 0 Å². The zero-order chi connectivity index (χ0) is 23.6. The number of hydrogen-bond acceptors (Lipinski definition) is 6. The number of nitrogens with zero attached hydrogens (tertiary/aromatic N) is 3. The van der Waals surface area contributed by atoms with Crippen LogP contribution in [0, 0.1) is 25.2 Å². The maximum atomic E-state index is 13.3. The van der Waals surface area contributed by atoms with E-state index in [1.807, 2.05) is 13.0 Å². The quantitative estimate of drug-likeness (QED) is 0.411. The Kier molecular flexibility index (Phi) is 5.82. The van der Waals surface area contributed by atoms with Gasteiger partial charge >= 0.3 is 0 Å². The Bertz CT molecular complexity index is 1580. The summed E-state index contributed by atoms with van der Waals surface area (Å²) in [4.78, 5) is 17.2. The molecule has 0 fully saturated rings. The van der Waals surface area contributed by atoms with Crippen LogP contribution in [0.1, 0.15) is 16.7 Å². The third-order valence-electron chi connectivity index (χ3n) is 5.01. The highest BCUT2D eigenvalue weighted by atomic mass is 32.2. The number of pyridine rings is 1. The van der Waals surface area contributed by atoms with Crippen molar-refractivity contribution in [2.45, 2.75) is 18.7 Å². The number of para-hydroxylation sites is 1. The summed E-state index contributed by atoms with van der Waals surface area (Å²) in [7, 11) is -4.17. The van der Waals surface area contributed by atoms with Gasteiger partial charge in [-0.25, -0.2) is 8.42 Å². The highest BCUT2D eigenvalue weighted by molar-refractivity contribution is 7.95. The second-order valence-corrected chi connectivity index (χ2v) is 9.29. The van der Waals surface area contributed by atoms with Crippen LogP contribution in [0.15, 0.2) is 87.5 Å². The number of aromatic nitrogens is 2. The number of sulfone groups is 1. The maximum absolute atomic E-state index is 13.3. The third kappa shape index (κ3) is 4.27. The number of allylic oxidation sites excluding steroid dienone is 1. The van der Waals surface area contributed by atoms with E-state index in [1.54, 1.807) is 61.5 Å². The highest BCUT2D eigenvalue weighted by Crippen LogP contribution is 2.27. The first-order valence-electron chi connectivity index (χ1n) is 9.99. The number of fused-ring (bicyclic) bond motifs is 1. The second kappa shape index (κ2) is 8.73. The van der Waals surface area contributed by atoms with E-state index in [0.29, 0.717) is 11.4 Å². The van der Waals surface area contributed by atoms with E-state index >= 15 is 0 Å². The average molecular weight is 458 g/mol. The minimum absolute atomic E-state index is 0.0453. The number of nitriles is 1. The fraction of sp³-hybridized carbons (Fsp3) is 0.0800. The lowest BCUT2D eigenvalue weighted by atomic mass is 10.2. The topological polar surface area (TPSA) is 102 Å². The van der Waals surface area contributed by atoms with E-state index in [-0.39, 0.29) is 16.3 Å². The SMILES string of the molecule is Cc1ccc(S(=O)(=O)C(C#N)=Cc2c(Oc3ccccc3)nc3c(C)cccn3c2=O)cc1. The molecule has 0 bridgehead atoms. The van der Waals surface area contributed by atoms with Gasteiger partial charge in [0.2, 0.25) is 15.7 Å². The number of benzene rings is 2. The average Bonchev–Trinajstić information content (AvgIpc) is 2.80. The summed E-state index contributed by atoms with van der Waals surface area (Å²) in [6, 6.07) is 20.0. The molecular weight excluding hydrogens is 438 g/mol. The number of hydrogen-bond donors (Lipinski definition) is 0. The van der Waals surface area contributed by atoms with Gasteiger partial charge in [-0.15, -0.1) is 0 Å². The van der Waals surface area contributed by atoms with Gasteiger partial charge in [0.25, 0.3) is 5.56 Å². The molecule has 0 spiro atoms. The summed E-state index contributed by atoms with van der Waals surface area (Å²) < 4.78 is 33.4. The molecule has 0 amide bonds. The molecular formula is C25H19N3O4S. The van der Waals surface area contributed by atoms with Crippen LogP contribution in [0.25, 0.3) is 11.7 Å². The molecule has 2 heterocycles. The van der Waals surface area contributed by atoms with Gasteiger partial charge in [-0.3, -0.25) is 9.20 Å². The van der Waals surface area contributed by atoms with E-state index < -0.39 is 20.3 Å². The Morgan fingerprint density at radius 2 is 1.73 bits per heavy atom. The van der Waals surface area contributed by atoms with Gasteiger partial charge < -0.3 is 4.74 Å². The van der Waals surface area contributed by atoms with Crippen LogP contribution < -0.4 is 10.3 Å². The van der Waals surface area contributed by atoms with Gasteiger partial charge in [0.1, 0.15) is 27.9 Å². The second-order valence-electron chi connectivity index (χ2n) is 7.37. The Morgan fingerprint density at radius 3 is 2.39 bits per heavy atom. The van der Waals surface area contributed by atoms with Gasteiger partial charge in [0, 0.05) is 6.20 Å². The molecule has 8 heteroatoms. The Hall–Kier alpha value is -4.22. The minimum Gasteiger partial charge on any atom is -0.438 e. The third-order valence-corrected chi connectivity index (χ3v) is 6.69. The lowest BCUT2D eigenvalue weighted by Crippen LogP contribution is -2.20. The smallest absolute Gasteiger partial charge is 0.269 e. The molecule has 0 atom stereocenters. The molecule has 33 heavy (non-hydrogen) atoms. The molecule has 0 aliphatic rings. The first-order chi connectivity index (χ1) is 15.8. The summed E-state index contributed by atoms with van der Waals surface area (Å²) in [5.74, 6) is 0.323. The van der Waals surface area contributed by atoms with Crippen molar-refractivity contribution in [2.75, 3.05) is 0 Å². The van der Waals surface area contributed by atoms with Crippen LogP contribution in [0.3, 0.4) is 0 Å². The number of aryl methyl sites for hydroxylation is 2. The molecule has 0 N–H and O–H groups in total. The van der Waals surface area contributed by atoms with Gasteiger partial charge in [-0.1, -0.05) is 42.0 Å². The minimum atomic E-state index is -4.17. The van der Waals surface area contributed by atoms with Crippen molar-refractivity contribution in [1.82, 2.24) is 9.38 Å². The molecule has 0 aliphatic carbocycles. The molecule has 0 radical (unpaired) electrons. The summed E-state index contributed by atoms with van der Waals surface area (Å²) in [5, 5.41) is 9.70. The fourth-order valence-electron chi connectivity index (χ4n) is 3.24. The molecule has 2 aromatic carbocycles. The molecule has 4 rings (SSSR count). The van der Waals surface area contributed by atoms with Crippen LogP contribution in [-0.4, -0.2) is 17.8 Å². The van der Waals surface area contributed by atoms with E-state index in [0.717, 1.165) is 17.2 Å². The van der Waals surface area contributed by atoms with Crippen LogP contribution in [0.2, 0.25) is 0 Å². The van der Waals surface area contributed by atoms with Gasteiger partial charge in [-0.2, -0.15) is 10.2 Å². The summed E-state index contributed by atoms with van der Waals surface area (Å²) >= 11 is 0. The summed E-state index contributed by atoms with van der Waals surface area (Å²) in [6.45, 7) is 3.63. The monoisotopic (exact) mass is 457 g/mol. The van der Waals surface area contributed by atoms with E-state index in [4.69, 9.17) is 4.74 Å². The summed E-state index contributed by atoms with van der Waals surface area (Å²) in [5.41, 5.74) is 1.28. The van der Waals surface area contributed by atoms with Crippen molar-refractivity contribution in [3.05, 3.63) is 105 Å². The molecule has 0 saturated carbocycles. The zero-order valence-corrected chi connectivity index (χ0v) is 18.7. The van der Waals surface area contributed by atoms with Crippen LogP contribution >= 0.6 is 0 Å². The molecule has 0 unspecified atom stereocenters. The van der Waals surface area contributed by atoms with E-state index in [9.17, 15) is 18.5 Å². The zero-order valence-electron chi connectivity index (χ0n) is 17.9. The van der Waals surface area contributed by atoms with Crippen molar-refractivity contribution >= 4 is 21.6 Å². The van der Waals surface area contributed by atoms with Crippen molar-refractivity contribution in [2.24, 2.45) is 0 Å².